The lowest BCUT2D eigenvalue weighted by atomic mass is 10.1. The van der Waals surface area contributed by atoms with Gasteiger partial charge >= 0.3 is 0 Å². The Morgan fingerprint density at radius 3 is 2.09 bits per heavy atom. The zero-order valence-electron chi connectivity index (χ0n) is 20.5. The van der Waals surface area contributed by atoms with Crippen molar-refractivity contribution < 1.29 is 9.59 Å². The molecule has 178 valence electrons. The van der Waals surface area contributed by atoms with E-state index in [1.54, 1.807) is 17.0 Å². The maximum Gasteiger partial charge on any atom is 0.254 e. The van der Waals surface area contributed by atoms with E-state index in [2.05, 4.69) is 5.32 Å². The maximum absolute atomic E-state index is 13.1. The van der Waals surface area contributed by atoms with Crippen LogP contribution in [0.4, 0.5) is 5.95 Å². The van der Waals surface area contributed by atoms with Crippen molar-refractivity contribution in [3.8, 4) is 16.9 Å². The molecule has 0 fully saturated rings. The first-order chi connectivity index (χ1) is 16.8. The summed E-state index contributed by atoms with van der Waals surface area (Å²) in [6.07, 6.45) is 1.92. The van der Waals surface area contributed by atoms with Crippen molar-refractivity contribution in [1.29, 1.82) is 0 Å². The van der Waals surface area contributed by atoms with Gasteiger partial charge in [0.2, 0.25) is 11.9 Å². The van der Waals surface area contributed by atoms with E-state index in [-0.39, 0.29) is 24.4 Å². The maximum atomic E-state index is 13.1. The second-order valence-electron chi connectivity index (χ2n) is 8.96. The second kappa shape index (κ2) is 10.4. The molecule has 1 heterocycles. The Kier molecular flexibility index (Phi) is 7.11. The van der Waals surface area contributed by atoms with Crippen LogP contribution in [-0.4, -0.2) is 38.9 Å². The highest BCUT2D eigenvalue weighted by Gasteiger charge is 2.23. The molecule has 4 rings (SSSR count). The number of benzene rings is 3. The van der Waals surface area contributed by atoms with Crippen molar-refractivity contribution in [3.63, 3.8) is 0 Å². The lowest BCUT2D eigenvalue weighted by molar-refractivity contribution is -0.117. The number of aryl methyl sites for hydroxylation is 2. The lowest BCUT2D eigenvalue weighted by Gasteiger charge is -2.26. The van der Waals surface area contributed by atoms with Crippen LogP contribution >= 0.6 is 0 Å². The summed E-state index contributed by atoms with van der Waals surface area (Å²) >= 11 is 0. The van der Waals surface area contributed by atoms with E-state index in [1.807, 2.05) is 105 Å². The highest BCUT2D eigenvalue weighted by molar-refractivity contribution is 5.99. The van der Waals surface area contributed by atoms with Crippen molar-refractivity contribution in [2.24, 2.45) is 0 Å². The molecule has 0 saturated heterocycles. The van der Waals surface area contributed by atoms with E-state index < -0.39 is 0 Å². The fraction of sp³-hybridized carbons (Fsp3) is 0.207. The van der Waals surface area contributed by atoms with E-state index in [9.17, 15) is 9.59 Å². The topological polar surface area (TPSA) is 67.2 Å². The van der Waals surface area contributed by atoms with E-state index in [0.29, 0.717) is 11.5 Å². The Morgan fingerprint density at radius 1 is 0.886 bits per heavy atom. The molecule has 0 atom stereocenters. The van der Waals surface area contributed by atoms with E-state index in [1.165, 1.54) is 0 Å². The van der Waals surface area contributed by atoms with Gasteiger partial charge in [0.15, 0.2) is 0 Å². The Morgan fingerprint density at radius 2 is 1.49 bits per heavy atom. The molecule has 6 heteroatoms. The van der Waals surface area contributed by atoms with E-state index >= 15 is 0 Å². The largest absolute Gasteiger partial charge is 0.327 e. The van der Waals surface area contributed by atoms with Gasteiger partial charge < -0.3 is 4.90 Å². The zero-order valence-corrected chi connectivity index (χ0v) is 20.5. The van der Waals surface area contributed by atoms with Gasteiger partial charge in [-0.3, -0.25) is 19.5 Å². The summed E-state index contributed by atoms with van der Waals surface area (Å²) in [6.45, 7) is 7.79. The quantitative estimate of drug-likeness (QED) is 0.383. The third-order valence-corrected chi connectivity index (χ3v) is 5.84. The van der Waals surface area contributed by atoms with Gasteiger partial charge in [0.05, 0.1) is 5.69 Å². The fourth-order valence-electron chi connectivity index (χ4n) is 3.79. The first kappa shape index (κ1) is 24.0. The van der Waals surface area contributed by atoms with Crippen LogP contribution in [0.2, 0.25) is 0 Å². The summed E-state index contributed by atoms with van der Waals surface area (Å²) < 4.78 is 1.87. The van der Waals surface area contributed by atoms with Crippen molar-refractivity contribution in [2.45, 2.75) is 33.7 Å². The van der Waals surface area contributed by atoms with Crippen LogP contribution in [0, 0.1) is 13.8 Å². The number of amides is 2. The Balaban J connectivity index is 1.62. The Hall–Kier alpha value is -4.19. The molecule has 0 spiro atoms. The molecule has 0 aliphatic rings. The van der Waals surface area contributed by atoms with Gasteiger partial charge in [0.1, 0.15) is 6.54 Å². The smallest absolute Gasteiger partial charge is 0.254 e. The molecule has 0 saturated carbocycles. The third kappa shape index (κ3) is 5.66. The summed E-state index contributed by atoms with van der Waals surface area (Å²) in [7, 11) is 0. The molecule has 0 bridgehead atoms. The molecule has 6 nitrogen and oxygen atoms in total. The summed E-state index contributed by atoms with van der Waals surface area (Å²) in [5.41, 5.74) is 5.46. The second-order valence-corrected chi connectivity index (χ2v) is 8.96. The molecule has 1 aromatic heterocycles. The summed E-state index contributed by atoms with van der Waals surface area (Å²) in [5.74, 6) is -0.0827. The van der Waals surface area contributed by atoms with E-state index in [0.717, 1.165) is 28.1 Å². The van der Waals surface area contributed by atoms with Gasteiger partial charge in [0.25, 0.3) is 5.91 Å². The average molecular weight is 467 g/mol. The number of hydrogen-bond acceptors (Lipinski definition) is 3. The lowest BCUT2D eigenvalue weighted by Crippen LogP contribution is -2.42. The molecule has 1 N–H and O–H groups in total. The van der Waals surface area contributed by atoms with Crippen molar-refractivity contribution in [1.82, 2.24) is 14.5 Å². The minimum absolute atomic E-state index is 0.0774. The Labute approximate surface area is 206 Å². The molecular formula is C29H30N4O2. The number of hydrogen-bond donors (Lipinski definition) is 1. The first-order valence-corrected chi connectivity index (χ1v) is 11.7. The molecule has 4 aromatic rings. The minimum atomic E-state index is -0.308. The number of imidazole rings is 1. The van der Waals surface area contributed by atoms with Crippen LogP contribution in [0.1, 0.15) is 35.3 Å². The van der Waals surface area contributed by atoms with Gasteiger partial charge in [-0.05, 0) is 52.0 Å². The van der Waals surface area contributed by atoms with Crippen molar-refractivity contribution in [2.75, 3.05) is 11.9 Å². The molecule has 0 aliphatic heterocycles. The van der Waals surface area contributed by atoms with Crippen LogP contribution in [0.5, 0.6) is 0 Å². The monoisotopic (exact) mass is 466 g/mol. The highest BCUT2D eigenvalue weighted by Crippen LogP contribution is 2.25. The normalized spacial score (nSPS) is 10.9. The van der Waals surface area contributed by atoms with Gasteiger partial charge in [-0.15, -0.1) is 0 Å². The molecule has 35 heavy (non-hydrogen) atoms. The number of rotatable bonds is 7. The summed E-state index contributed by atoms with van der Waals surface area (Å²) in [4.78, 5) is 32.5. The molecule has 0 aliphatic carbocycles. The molecule has 0 radical (unpaired) electrons. The number of carbonyl (C=O) groups is 2. The summed E-state index contributed by atoms with van der Waals surface area (Å²) in [5, 5.41) is 2.94. The van der Waals surface area contributed by atoms with Crippen LogP contribution in [-0.2, 0) is 4.79 Å². The fourth-order valence-corrected chi connectivity index (χ4v) is 3.79. The third-order valence-electron chi connectivity index (χ3n) is 5.84. The first-order valence-electron chi connectivity index (χ1n) is 11.7. The van der Waals surface area contributed by atoms with Gasteiger partial charge in [-0.25, -0.2) is 4.98 Å². The standard InChI is InChI=1S/C29H30N4O2/c1-20(2)32(28(35)24-8-6-5-7-9-24)19-27(34)31-29-30-26(23-14-10-21(3)11-15-23)18-33(29)25-16-12-22(4)13-17-25/h5-18,20H,19H2,1-4H3,(H,30,31,34). The van der Waals surface area contributed by atoms with Crippen molar-refractivity contribution >= 4 is 17.8 Å². The number of nitrogens with one attached hydrogen (secondary N) is 1. The van der Waals surface area contributed by atoms with Crippen LogP contribution in [0.25, 0.3) is 16.9 Å². The number of nitrogens with zero attached hydrogens (tertiary/aromatic N) is 3. The molecule has 2 amide bonds. The average Bonchev–Trinajstić information content (AvgIpc) is 3.27. The summed E-state index contributed by atoms with van der Waals surface area (Å²) in [6, 6.07) is 25.0. The van der Waals surface area contributed by atoms with Gasteiger partial charge in [-0.1, -0.05) is 65.7 Å². The molecule has 0 unspecified atom stereocenters. The zero-order chi connectivity index (χ0) is 24.9. The number of carbonyl (C=O) groups excluding carboxylic acids is 2. The minimum Gasteiger partial charge on any atom is -0.327 e. The SMILES string of the molecule is Cc1ccc(-c2cn(-c3ccc(C)cc3)c(NC(=O)CN(C(=O)c3ccccc3)C(C)C)n2)cc1. The molecule has 3 aromatic carbocycles. The number of anilines is 1. The van der Waals surface area contributed by atoms with Crippen LogP contribution < -0.4 is 5.32 Å². The van der Waals surface area contributed by atoms with Gasteiger partial charge in [-0.2, -0.15) is 0 Å². The van der Waals surface area contributed by atoms with Crippen LogP contribution in [0.15, 0.2) is 85.1 Å². The van der Waals surface area contributed by atoms with Crippen molar-refractivity contribution in [3.05, 3.63) is 102 Å². The predicted octanol–water partition coefficient (Wildman–Crippen LogP) is 5.65. The Bertz CT molecular complexity index is 1310. The molecular weight excluding hydrogens is 436 g/mol. The highest BCUT2D eigenvalue weighted by atomic mass is 16.2. The predicted molar refractivity (Wildman–Crippen MR) is 140 cm³/mol. The number of aromatic nitrogens is 2. The van der Waals surface area contributed by atoms with E-state index in [4.69, 9.17) is 4.98 Å². The van der Waals surface area contributed by atoms with Gasteiger partial charge in [0, 0.05) is 29.1 Å². The van der Waals surface area contributed by atoms with Crippen LogP contribution in [0.3, 0.4) is 0 Å².